The Morgan fingerprint density at radius 3 is 2.28 bits per heavy atom. The fourth-order valence-electron chi connectivity index (χ4n) is 4.07. The average molecular weight is 450 g/mol. The fraction of sp³-hybridized carbons (Fsp3) is 0.385. The molecule has 0 unspecified atom stereocenters. The maximum Gasteiger partial charge on any atom is 0.263 e. The summed E-state index contributed by atoms with van der Waals surface area (Å²) in [5.74, 6) is 0.836. The first-order valence-corrected chi connectivity index (χ1v) is 12.2. The van der Waals surface area contributed by atoms with E-state index in [-0.39, 0.29) is 5.91 Å². The second kappa shape index (κ2) is 10.7. The molecule has 1 aromatic heterocycles. The molecule has 6 heteroatoms. The Hall–Kier alpha value is -2.70. The average Bonchev–Trinajstić information content (AvgIpc) is 3.49. The van der Waals surface area contributed by atoms with Crippen molar-refractivity contribution in [1.82, 2.24) is 15.2 Å². The largest absolute Gasteiger partial charge is 0.497 e. The van der Waals surface area contributed by atoms with Crippen LogP contribution in [0.2, 0.25) is 0 Å². The molecule has 168 valence electrons. The molecule has 3 aromatic rings. The summed E-state index contributed by atoms with van der Waals surface area (Å²) < 4.78 is 5.23. The fourth-order valence-corrected chi connectivity index (χ4v) is 5.06. The van der Waals surface area contributed by atoms with Crippen molar-refractivity contribution in [2.24, 2.45) is 0 Å². The van der Waals surface area contributed by atoms with E-state index in [0.29, 0.717) is 4.88 Å². The molecular formula is C26H31N3O2S. The Kier molecular flexibility index (Phi) is 7.55. The molecular weight excluding hydrogens is 418 g/mol. The summed E-state index contributed by atoms with van der Waals surface area (Å²) >= 11 is 1.46. The van der Waals surface area contributed by atoms with Gasteiger partial charge in [-0.1, -0.05) is 36.4 Å². The number of amides is 1. The molecule has 1 amide bonds. The number of benzene rings is 2. The predicted octanol–water partition coefficient (Wildman–Crippen LogP) is 5.40. The van der Waals surface area contributed by atoms with Crippen LogP contribution in [0.1, 0.15) is 41.0 Å². The van der Waals surface area contributed by atoms with Crippen LogP contribution < -0.4 is 10.1 Å². The quantitative estimate of drug-likeness (QED) is 0.445. The van der Waals surface area contributed by atoms with Crippen molar-refractivity contribution in [2.75, 3.05) is 33.3 Å². The van der Waals surface area contributed by atoms with Crippen molar-refractivity contribution in [2.45, 2.75) is 32.6 Å². The molecule has 1 N–H and O–H groups in total. The smallest absolute Gasteiger partial charge is 0.263 e. The lowest BCUT2D eigenvalue weighted by Crippen LogP contribution is -2.26. The number of nitrogens with zero attached hydrogens (tertiary/aromatic N) is 2. The van der Waals surface area contributed by atoms with Gasteiger partial charge in [-0.15, -0.1) is 11.3 Å². The molecule has 4 rings (SSSR count). The third-order valence-corrected chi connectivity index (χ3v) is 7.15. The van der Waals surface area contributed by atoms with Gasteiger partial charge in [0, 0.05) is 12.1 Å². The maximum absolute atomic E-state index is 12.7. The van der Waals surface area contributed by atoms with Crippen LogP contribution >= 0.6 is 11.3 Å². The summed E-state index contributed by atoms with van der Waals surface area (Å²) in [6, 6.07) is 16.3. The number of methoxy groups -OCH3 is 1. The molecule has 0 radical (unpaired) electrons. The highest BCUT2D eigenvalue weighted by atomic mass is 32.1. The molecule has 0 spiro atoms. The van der Waals surface area contributed by atoms with E-state index >= 15 is 0 Å². The van der Waals surface area contributed by atoms with Gasteiger partial charge >= 0.3 is 0 Å². The number of unbranched alkanes of at least 4 members (excludes halogenated alkanes) is 1. The molecule has 0 atom stereocenters. The molecule has 1 saturated heterocycles. The number of carbonyl (C=O) groups is 1. The molecule has 5 nitrogen and oxygen atoms in total. The lowest BCUT2D eigenvalue weighted by molar-refractivity contribution is 0.0956. The Bertz CT molecular complexity index is 1020. The van der Waals surface area contributed by atoms with Gasteiger partial charge in [-0.25, -0.2) is 4.98 Å². The summed E-state index contributed by atoms with van der Waals surface area (Å²) in [6.45, 7) is 6.24. The first-order valence-electron chi connectivity index (χ1n) is 11.4. The van der Waals surface area contributed by atoms with Gasteiger partial charge in [0.1, 0.15) is 15.6 Å². The number of likely N-dealkylation sites (tertiary alicyclic amines) is 1. The Morgan fingerprint density at radius 2 is 1.62 bits per heavy atom. The Labute approximate surface area is 194 Å². The highest BCUT2D eigenvalue weighted by Crippen LogP contribution is 2.30. The van der Waals surface area contributed by atoms with Gasteiger partial charge in [0.2, 0.25) is 0 Å². The van der Waals surface area contributed by atoms with Crippen LogP contribution in [0.5, 0.6) is 5.75 Å². The monoisotopic (exact) mass is 449 g/mol. The van der Waals surface area contributed by atoms with Crippen molar-refractivity contribution in [3.8, 4) is 27.4 Å². The van der Waals surface area contributed by atoms with Gasteiger partial charge in [0.05, 0.1) is 12.8 Å². The SMILES string of the molecule is COc1ccc(-c2ccc(-c3nc(C)c(C(=O)NCCCCN4CCCC4)s3)cc2)cc1. The van der Waals surface area contributed by atoms with Crippen molar-refractivity contribution in [3.05, 3.63) is 59.1 Å². The van der Waals surface area contributed by atoms with Gasteiger partial charge < -0.3 is 15.0 Å². The van der Waals surface area contributed by atoms with E-state index in [1.54, 1.807) is 7.11 Å². The molecule has 1 aliphatic heterocycles. The lowest BCUT2D eigenvalue weighted by Gasteiger charge is -2.13. The number of ether oxygens (including phenoxy) is 1. The topological polar surface area (TPSA) is 54.5 Å². The van der Waals surface area contributed by atoms with Crippen LogP contribution in [0.3, 0.4) is 0 Å². The third kappa shape index (κ3) is 5.56. The minimum absolute atomic E-state index is 0.0118. The molecule has 0 saturated carbocycles. The second-order valence-corrected chi connectivity index (χ2v) is 9.25. The number of aryl methyl sites for hydroxylation is 1. The number of nitrogens with one attached hydrogen (secondary N) is 1. The third-order valence-electron chi connectivity index (χ3n) is 5.94. The first-order chi connectivity index (χ1) is 15.6. The molecule has 0 aliphatic carbocycles. The summed E-state index contributed by atoms with van der Waals surface area (Å²) in [4.78, 5) is 20.5. The maximum atomic E-state index is 12.7. The van der Waals surface area contributed by atoms with Crippen molar-refractivity contribution in [1.29, 1.82) is 0 Å². The number of aromatic nitrogens is 1. The van der Waals surface area contributed by atoms with Crippen LogP contribution in [0.15, 0.2) is 48.5 Å². The highest BCUT2D eigenvalue weighted by Gasteiger charge is 2.16. The van der Waals surface area contributed by atoms with Crippen LogP contribution in [0.4, 0.5) is 0 Å². The standard InChI is InChI=1S/C26H31N3O2S/c1-19-24(25(30)27-15-3-4-16-29-17-5-6-18-29)32-26(28-19)22-9-7-20(8-10-22)21-11-13-23(31-2)14-12-21/h7-14H,3-6,15-18H2,1-2H3,(H,27,30). The Balaban J connectivity index is 1.33. The predicted molar refractivity (Wildman–Crippen MR) is 132 cm³/mol. The van der Waals surface area contributed by atoms with Gasteiger partial charge in [0.25, 0.3) is 5.91 Å². The zero-order valence-corrected chi connectivity index (χ0v) is 19.7. The molecule has 1 aliphatic rings. The zero-order chi connectivity index (χ0) is 22.3. The van der Waals surface area contributed by atoms with E-state index in [1.807, 2.05) is 19.1 Å². The van der Waals surface area contributed by atoms with E-state index in [9.17, 15) is 4.79 Å². The minimum atomic E-state index is -0.0118. The number of thiazole rings is 1. The van der Waals surface area contributed by atoms with E-state index < -0.39 is 0 Å². The highest BCUT2D eigenvalue weighted by molar-refractivity contribution is 7.17. The first kappa shape index (κ1) is 22.5. The zero-order valence-electron chi connectivity index (χ0n) is 18.9. The minimum Gasteiger partial charge on any atom is -0.497 e. The summed E-state index contributed by atoms with van der Waals surface area (Å²) in [6.07, 6.45) is 4.80. The molecule has 2 heterocycles. The van der Waals surface area contributed by atoms with Crippen LogP contribution in [0.25, 0.3) is 21.7 Å². The van der Waals surface area contributed by atoms with E-state index in [2.05, 4.69) is 51.6 Å². The van der Waals surface area contributed by atoms with Gasteiger partial charge in [-0.05, 0) is 75.5 Å². The summed E-state index contributed by atoms with van der Waals surface area (Å²) in [5, 5.41) is 3.95. The number of hydrogen-bond donors (Lipinski definition) is 1. The molecule has 32 heavy (non-hydrogen) atoms. The number of carbonyl (C=O) groups excluding carboxylic acids is 1. The normalized spacial score (nSPS) is 13.9. The summed E-state index contributed by atoms with van der Waals surface area (Å²) in [5.41, 5.74) is 4.09. The van der Waals surface area contributed by atoms with Crippen molar-refractivity contribution < 1.29 is 9.53 Å². The van der Waals surface area contributed by atoms with Crippen LogP contribution in [0, 0.1) is 6.92 Å². The van der Waals surface area contributed by atoms with Crippen LogP contribution in [-0.4, -0.2) is 49.1 Å². The summed E-state index contributed by atoms with van der Waals surface area (Å²) in [7, 11) is 1.67. The van der Waals surface area contributed by atoms with E-state index in [0.717, 1.165) is 59.1 Å². The van der Waals surface area contributed by atoms with E-state index in [1.165, 1.54) is 37.3 Å². The Morgan fingerprint density at radius 1 is 1.00 bits per heavy atom. The van der Waals surface area contributed by atoms with Gasteiger partial charge in [-0.3, -0.25) is 4.79 Å². The van der Waals surface area contributed by atoms with Crippen molar-refractivity contribution in [3.63, 3.8) is 0 Å². The van der Waals surface area contributed by atoms with Gasteiger partial charge in [0.15, 0.2) is 0 Å². The molecule has 0 bridgehead atoms. The lowest BCUT2D eigenvalue weighted by atomic mass is 10.0. The second-order valence-electron chi connectivity index (χ2n) is 8.25. The molecule has 1 fully saturated rings. The van der Waals surface area contributed by atoms with Gasteiger partial charge in [-0.2, -0.15) is 0 Å². The molecule has 2 aromatic carbocycles. The van der Waals surface area contributed by atoms with Crippen molar-refractivity contribution >= 4 is 17.2 Å². The van der Waals surface area contributed by atoms with Crippen LogP contribution in [-0.2, 0) is 0 Å². The van der Waals surface area contributed by atoms with E-state index in [4.69, 9.17) is 4.74 Å². The number of hydrogen-bond acceptors (Lipinski definition) is 5. The number of rotatable bonds is 9.